The molecule has 0 heterocycles. The van der Waals surface area contributed by atoms with E-state index in [1.165, 1.54) is 120 Å². The molecule has 0 aromatic heterocycles. The van der Waals surface area contributed by atoms with Crippen LogP contribution < -0.4 is 0 Å². The molecule has 0 bridgehead atoms. The van der Waals surface area contributed by atoms with E-state index >= 15 is 0 Å². The van der Waals surface area contributed by atoms with Crippen LogP contribution in [0.3, 0.4) is 0 Å². The van der Waals surface area contributed by atoms with Gasteiger partial charge in [-0.15, -0.1) is 0 Å². The minimum absolute atomic E-state index is 0.198. The molecule has 0 unspecified atom stereocenters. The Bertz CT molecular complexity index is 726. The quantitative estimate of drug-likeness (QED) is 0.218. The summed E-state index contributed by atoms with van der Waals surface area (Å²) >= 11 is 0. The highest BCUT2D eigenvalue weighted by atomic mass is 14.4. The number of hydrogen-bond acceptors (Lipinski definition) is 0. The summed E-state index contributed by atoms with van der Waals surface area (Å²) in [7, 11) is 0. The first-order chi connectivity index (χ1) is 15.8. The average Bonchev–Trinajstić information content (AvgIpc) is 3.08. The number of unbranched alkanes of at least 4 members (excludes halogenated alkanes) is 15. The molecule has 2 aromatic carbocycles. The molecule has 0 heteroatoms. The normalized spacial score (nSPS) is 13.8. The van der Waals surface area contributed by atoms with Gasteiger partial charge in [-0.25, -0.2) is 0 Å². The van der Waals surface area contributed by atoms with E-state index in [1.807, 2.05) is 0 Å². The minimum Gasteiger partial charge on any atom is -0.0654 e. The Morgan fingerprint density at radius 1 is 0.469 bits per heavy atom. The van der Waals surface area contributed by atoms with E-state index in [9.17, 15) is 0 Å². The van der Waals surface area contributed by atoms with E-state index in [4.69, 9.17) is 0 Å². The SMILES string of the molecule is CCCCCCCCCCCCCCCCCCC1(C)c2ccccc2-c2ccccc21. The maximum absolute atomic E-state index is 2.48. The van der Waals surface area contributed by atoms with E-state index in [0.717, 1.165) is 0 Å². The van der Waals surface area contributed by atoms with Crippen LogP contribution >= 0.6 is 0 Å². The third-order valence-electron chi connectivity index (χ3n) is 7.86. The first-order valence-corrected chi connectivity index (χ1v) is 14.0. The average molecular weight is 433 g/mol. The van der Waals surface area contributed by atoms with Crippen LogP contribution in [-0.2, 0) is 5.41 Å². The number of hydrogen-bond donors (Lipinski definition) is 0. The van der Waals surface area contributed by atoms with Crippen LogP contribution in [0.1, 0.15) is 134 Å². The summed E-state index contributed by atoms with van der Waals surface area (Å²) in [5.74, 6) is 0. The van der Waals surface area contributed by atoms with Crippen LogP contribution in [0, 0.1) is 0 Å². The molecule has 32 heavy (non-hydrogen) atoms. The molecule has 0 spiro atoms. The molecule has 2 aromatic rings. The fraction of sp³-hybridized carbons (Fsp3) is 0.625. The Kier molecular flexibility index (Phi) is 10.9. The van der Waals surface area contributed by atoms with Gasteiger partial charge in [-0.2, -0.15) is 0 Å². The first-order valence-electron chi connectivity index (χ1n) is 14.0. The van der Waals surface area contributed by atoms with Crippen molar-refractivity contribution in [1.29, 1.82) is 0 Å². The van der Waals surface area contributed by atoms with Crippen LogP contribution in [0.15, 0.2) is 48.5 Å². The van der Waals surface area contributed by atoms with Crippen molar-refractivity contribution in [2.45, 2.75) is 128 Å². The monoisotopic (exact) mass is 432 g/mol. The van der Waals surface area contributed by atoms with E-state index < -0.39 is 0 Å². The second-order valence-electron chi connectivity index (χ2n) is 10.5. The van der Waals surface area contributed by atoms with Crippen molar-refractivity contribution < 1.29 is 0 Å². The zero-order valence-corrected chi connectivity index (χ0v) is 21.1. The highest BCUT2D eigenvalue weighted by molar-refractivity contribution is 5.80. The summed E-state index contributed by atoms with van der Waals surface area (Å²) < 4.78 is 0. The summed E-state index contributed by atoms with van der Waals surface area (Å²) in [6.07, 6.45) is 24.3. The van der Waals surface area contributed by atoms with Crippen molar-refractivity contribution in [2.24, 2.45) is 0 Å². The minimum atomic E-state index is 0.198. The van der Waals surface area contributed by atoms with Gasteiger partial charge in [0, 0.05) is 5.41 Å². The Balaban J connectivity index is 1.23. The van der Waals surface area contributed by atoms with Crippen LogP contribution in [0.5, 0.6) is 0 Å². The van der Waals surface area contributed by atoms with Gasteiger partial charge >= 0.3 is 0 Å². The van der Waals surface area contributed by atoms with Gasteiger partial charge in [0.1, 0.15) is 0 Å². The van der Waals surface area contributed by atoms with Crippen LogP contribution in [0.2, 0.25) is 0 Å². The summed E-state index contributed by atoms with van der Waals surface area (Å²) in [4.78, 5) is 0. The Labute approximate surface area is 199 Å². The lowest BCUT2D eigenvalue weighted by molar-refractivity contribution is 0.476. The molecule has 0 saturated heterocycles. The third-order valence-corrected chi connectivity index (χ3v) is 7.86. The third kappa shape index (κ3) is 6.97. The summed E-state index contributed by atoms with van der Waals surface area (Å²) in [5.41, 5.74) is 6.21. The predicted molar refractivity (Wildman–Crippen MR) is 142 cm³/mol. The molecule has 3 rings (SSSR count). The molecule has 0 saturated carbocycles. The Hall–Kier alpha value is -1.56. The number of rotatable bonds is 17. The largest absolute Gasteiger partial charge is 0.0654 e. The summed E-state index contributed by atoms with van der Waals surface area (Å²) in [5, 5.41) is 0. The van der Waals surface area contributed by atoms with Crippen LogP contribution in [-0.4, -0.2) is 0 Å². The predicted octanol–water partition coefficient (Wildman–Crippen LogP) is 10.6. The van der Waals surface area contributed by atoms with Gasteiger partial charge in [0.05, 0.1) is 0 Å². The second-order valence-corrected chi connectivity index (χ2v) is 10.5. The van der Waals surface area contributed by atoms with Crippen molar-refractivity contribution in [3.63, 3.8) is 0 Å². The molecule has 1 aliphatic rings. The van der Waals surface area contributed by atoms with Gasteiger partial charge in [0.2, 0.25) is 0 Å². The van der Waals surface area contributed by atoms with Crippen molar-refractivity contribution in [3.8, 4) is 11.1 Å². The second kappa shape index (κ2) is 13.9. The molecular weight excluding hydrogens is 384 g/mol. The molecule has 0 radical (unpaired) electrons. The lowest BCUT2D eigenvalue weighted by atomic mass is 9.76. The van der Waals surface area contributed by atoms with Gasteiger partial charge in [0.25, 0.3) is 0 Å². The molecule has 0 aliphatic heterocycles. The van der Waals surface area contributed by atoms with Gasteiger partial charge in [-0.1, -0.05) is 165 Å². The molecule has 0 atom stereocenters. The highest BCUT2D eigenvalue weighted by Gasteiger charge is 2.38. The van der Waals surface area contributed by atoms with E-state index in [1.54, 1.807) is 11.1 Å². The summed E-state index contributed by atoms with van der Waals surface area (Å²) in [6.45, 7) is 4.78. The van der Waals surface area contributed by atoms with Crippen LogP contribution in [0.4, 0.5) is 0 Å². The maximum atomic E-state index is 2.48. The maximum Gasteiger partial charge on any atom is 0.0187 e. The molecule has 0 fully saturated rings. The van der Waals surface area contributed by atoms with Crippen molar-refractivity contribution in [1.82, 2.24) is 0 Å². The first kappa shape index (κ1) is 25.1. The Morgan fingerprint density at radius 3 is 1.22 bits per heavy atom. The molecule has 176 valence electrons. The number of benzene rings is 2. The van der Waals surface area contributed by atoms with Gasteiger partial charge in [0.15, 0.2) is 0 Å². The molecule has 0 N–H and O–H groups in total. The lowest BCUT2D eigenvalue weighted by Gasteiger charge is -2.27. The summed E-state index contributed by atoms with van der Waals surface area (Å²) in [6, 6.07) is 18.2. The van der Waals surface area contributed by atoms with Gasteiger partial charge < -0.3 is 0 Å². The smallest absolute Gasteiger partial charge is 0.0187 e. The van der Waals surface area contributed by atoms with Crippen LogP contribution in [0.25, 0.3) is 11.1 Å². The lowest BCUT2D eigenvalue weighted by Crippen LogP contribution is -2.20. The zero-order valence-electron chi connectivity index (χ0n) is 21.1. The van der Waals surface area contributed by atoms with Crippen molar-refractivity contribution in [2.75, 3.05) is 0 Å². The van der Waals surface area contributed by atoms with E-state index in [0.29, 0.717) is 0 Å². The van der Waals surface area contributed by atoms with E-state index in [-0.39, 0.29) is 5.41 Å². The fourth-order valence-corrected chi connectivity index (χ4v) is 5.84. The highest BCUT2D eigenvalue weighted by Crippen LogP contribution is 2.51. The topological polar surface area (TPSA) is 0 Å². The Morgan fingerprint density at radius 2 is 0.812 bits per heavy atom. The standard InChI is InChI=1S/C32H48/c1-3-4-5-6-7-8-9-10-11-12-13-14-15-16-17-22-27-32(2)30-25-20-18-23-28(30)29-24-19-21-26-31(29)32/h18-21,23-26H,3-17,22,27H2,1-2H3. The molecule has 0 nitrogen and oxygen atoms in total. The molecular formula is C32H48. The van der Waals surface area contributed by atoms with Crippen molar-refractivity contribution >= 4 is 0 Å². The van der Waals surface area contributed by atoms with Crippen molar-refractivity contribution in [3.05, 3.63) is 59.7 Å². The van der Waals surface area contributed by atoms with Gasteiger partial charge in [-0.3, -0.25) is 0 Å². The number of fused-ring (bicyclic) bond motifs is 3. The zero-order chi connectivity index (χ0) is 22.5. The molecule has 1 aliphatic carbocycles. The van der Waals surface area contributed by atoms with Gasteiger partial charge in [-0.05, 0) is 28.7 Å². The van der Waals surface area contributed by atoms with E-state index in [2.05, 4.69) is 62.4 Å². The fourth-order valence-electron chi connectivity index (χ4n) is 5.84. The molecule has 0 amide bonds.